The SMILES string of the molecule is CCOc1cc(/C=N\NC(=O)C(=O)NCc2ccc3c(c2)OCO3)cc(Br)c1OCC(=O)Nc1cccc(Cl)c1C. The first kappa shape index (κ1) is 29.7. The lowest BCUT2D eigenvalue weighted by Gasteiger charge is -2.15. The number of carbonyl (C=O) groups excluding carboxylic acids is 3. The first-order valence-corrected chi connectivity index (χ1v) is 13.6. The number of amides is 3. The van der Waals surface area contributed by atoms with Gasteiger partial charge in [-0.2, -0.15) is 5.10 Å². The van der Waals surface area contributed by atoms with Crippen molar-refractivity contribution in [3.8, 4) is 23.0 Å². The molecule has 0 aromatic heterocycles. The van der Waals surface area contributed by atoms with Crippen LogP contribution in [-0.4, -0.2) is 43.9 Å². The maximum atomic E-state index is 12.5. The van der Waals surface area contributed by atoms with Gasteiger partial charge in [-0.25, -0.2) is 5.43 Å². The third-order valence-corrected chi connectivity index (χ3v) is 6.70. The molecule has 3 aromatic carbocycles. The number of benzene rings is 3. The van der Waals surface area contributed by atoms with Crippen LogP contribution in [0.15, 0.2) is 58.1 Å². The van der Waals surface area contributed by atoms with E-state index in [1.54, 1.807) is 62.4 Å². The molecule has 0 aliphatic carbocycles. The van der Waals surface area contributed by atoms with Gasteiger partial charge in [0, 0.05) is 17.3 Å². The van der Waals surface area contributed by atoms with Crippen LogP contribution in [0, 0.1) is 6.92 Å². The summed E-state index contributed by atoms with van der Waals surface area (Å²) < 4.78 is 22.5. The topological polar surface area (TPSA) is 137 Å². The molecule has 1 aliphatic rings. The summed E-state index contributed by atoms with van der Waals surface area (Å²) in [6, 6.07) is 13.7. The van der Waals surface area contributed by atoms with Gasteiger partial charge in [0.05, 0.1) is 17.3 Å². The van der Waals surface area contributed by atoms with Crippen molar-refractivity contribution in [3.63, 3.8) is 0 Å². The van der Waals surface area contributed by atoms with Crippen LogP contribution in [-0.2, 0) is 20.9 Å². The molecule has 0 saturated heterocycles. The van der Waals surface area contributed by atoms with Crippen LogP contribution in [0.1, 0.15) is 23.6 Å². The second kappa shape index (κ2) is 13.9. The average molecular weight is 646 g/mol. The van der Waals surface area contributed by atoms with E-state index >= 15 is 0 Å². The number of hydrogen-bond acceptors (Lipinski definition) is 8. The molecule has 3 aromatic rings. The van der Waals surface area contributed by atoms with Gasteiger partial charge in [0.2, 0.25) is 6.79 Å². The van der Waals surface area contributed by atoms with Crippen LogP contribution in [0.5, 0.6) is 23.0 Å². The molecule has 3 amide bonds. The highest BCUT2D eigenvalue weighted by Crippen LogP contribution is 2.37. The third kappa shape index (κ3) is 7.89. The first-order valence-electron chi connectivity index (χ1n) is 12.4. The summed E-state index contributed by atoms with van der Waals surface area (Å²) in [6.45, 7) is 3.92. The van der Waals surface area contributed by atoms with Crippen LogP contribution < -0.4 is 35.0 Å². The Hall–Kier alpha value is -4.29. The molecular formula is C28H26BrClN4O7. The Labute approximate surface area is 249 Å². The molecule has 4 rings (SSSR count). The summed E-state index contributed by atoms with van der Waals surface area (Å²) in [5, 5.41) is 9.69. The maximum absolute atomic E-state index is 12.5. The van der Waals surface area contributed by atoms with Gasteiger partial charge in [-0.3, -0.25) is 14.4 Å². The van der Waals surface area contributed by atoms with Crippen LogP contribution in [0.4, 0.5) is 5.69 Å². The monoisotopic (exact) mass is 644 g/mol. The van der Waals surface area contributed by atoms with E-state index in [1.165, 1.54) is 6.21 Å². The number of carbonyl (C=O) groups is 3. The second-order valence-corrected chi connectivity index (χ2v) is 9.84. The van der Waals surface area contributed by atoms with Crippen LogP contribution in [0.3, 0.4) is 0 Å². The molecule has 0 bridgehead atoms. The number of rotatable bonds is 10. The summed E-state index contributed by atoms with van der Waals surface area (Å²) in [5.74, 6) is -0.305. The maximum Gasteiger partial charge on any atom is 0.329 e. The normalized spacial score (nSPS) is 11.7. The fourth-order valence-corrected chi connectivity index (χ4v) is 4.41. The number of ether oxygens (including phenoxy) is 4. The predicted octanol–water partition coefficient (Wildman–Crippen LogP) is 4.32. The minimum Gasteiger partial charge on any atom is -0.490 e. The van der Waals surface area contributed by atoms with Crippen molar-refractivity contribution in [2.24, 2.45) is 5.10 Å². The van der Waals surface area contributed by atoms with E-state index in [9.17, 15) is 14.4 Å². The van der Waals surface area contributed by atoms with E-state index < -0.39 is 11.8 Å². The van der Waals surface area contributed by atoms with Gasteiger partial charge >= 0.3 is 11.8 Å². The lowest BCUT2D eigenvalue weighted by molar-refractivity contribution is -0.139. The average Bonchev–Trinajstić information content (AvgIpc) is 3.42. The van der Waals surface area contributed by atoms with E-state index in [0.717, 1.165) is 11.1 Å². The fraction of sp³-hybridized carbons (Fsp3) is 0.214. The van der Waals surface area contributed by atoms with Gasteiger partial charge in [0.25, 0.3) is 5.91 Å². The fourth-order valence-electron chi connectivity index (χ4n) is 3.66. The molecule has 0 atom stereocenters. The molecule has 11 nitrogen and oxygen atoms in total. The molecule has 1 aliphatic heterocycles. The van der Waals surface area contributed by atoms with E-state index in [2.05, 4.69) is 37.1 Å². The molecule has 0 saturated carbocycles. The molecule has 1 heterocycles. The van der Waals surface area contributed by atoms with E-state index in [1.807, 2.05) is 0 Å². The minimum absolute atomic E-state index is 0.120. The predicted molar refractivity (Wildman–Crippen MR) is 156 cm³/mol. The van der Waals surface area contributed by atoms with Crippen LogP contribution in [0.2, 0.25) is 5.02 Å². The Bertz CT molecular complexity index is 1500. The molecule has 214 valence electrons. The van der Waals surface area contributed by atoms with Crippen molar-refractivity contribution < 1.29 is 33.3 Å². The summed E-state index contributed by atoms with van der Waals surface area (Å²) in [7, 11) is 0. The third-order valence-electron chi connectivity index (χ3n) is 5.70. The highest BCUT2D eigenvalue weighted by atomic mass is 79.9. The second-order valence-electron chi connectivity index (χ2n) is 8.58. The summed E-state index contributed by atoms with van der Waals surface area (Å²) in [4.78, 5) is 36.8. The number of anilines is 1. The standard InChI is InChI=1S/C28H26BrClN4O7/c1-3-38-24-11-18(9-19(29)26(24)39-14-25(35)33-21-6-4-5-20(30)16(21)2)13-32-34-28(37)27(36)31-12-17-7-8-22-23(10-17)41-15-40-22/h4-11,13H,3,12,14-15H2,1-2H3,(H,31,36)(H,33,35)(H,34,37)/b32-13-. The zero-order valence-corrected chi connectivity index (χ0v) is 24.4. The first-order chi connectivity index (χ1) is 19.7. The van der Waals surface area contributed by atoms with Crippen molar-refractivity contribution in [2.45, 2.75) is 20.4 Å². The Morgan fingerprint density at radius 1 is 1.07 bits per heavy atom. The smallest absolute Gasteiger partial charge is 0.329 e. The van der Waals surface area contributed by atoms with Crippen molar-refractivity contribution >= 4 is 57.2 Å². The van der Waals surface area contributed by atoms with Gasteiger partial charge in [0.15, 0.2) is 29.6 Å². The number of fused-ring (bicyclic) bond motifs is 1. The Kier molecular flexibility index (Phi) is 10.0. The summed E-state index contributed by atoms with van der Waals surface area (Å²) >= 11 is 9.54. The molecule has 0 spiro atoms. The quantitative estimate of drug-likeness (QED) is 0.170. The zero-order valence-electron chi connectivity index (χ0n) is 22.1. The molecule has 0 radical (unpaired) electrons. The van der Waals surface area contributed by atoms with E-state index in [-0.39, 0.29) is 25.9 Å². The van der Waals surface area contributed by atoms with Crippen molar-refractivity contribution in [3.05, 3.63) is 74.7 Å². The lowest BCUT2D eigenvalue weighted by atomic mass is 10.2. The Balaban J connectivity index is 1.32. The van der Waals surface area contributed by atoms with Gasteiger partial charge in [0.1, 0.15) is 0 Å². The number of nitrogens with zero attached hydrogens (tertiary/aromatic N) is 1. The Morgan fingerprint density at radius 3 is 2.68 bits per heavy atom. The van der Waals surface area contributed by atoms with Crippen molar-refractivity contribution in [1.82, 2.24) is 10.7 Å². The summed E-state index contributed by atoms with van der Waals surface area (Å²) in [6.07, 6.45) is 1.34. The molecular weight excluding hydrogens is 620 g/mol. The zero-order chi connectivity index (χ0) is 29.4. The lowest BCUT2D eigenvalue weighted by Crippen LogP contribution is -2.37. The number of hydrogen-bond donors (Lipinski definition) is 3. The minimum atomic E-state index is -0.938. The van der Waals surface area contributed by atoms with Gasteiger partial charge in [-0.05, 0) is 82.9 Å². The highest BCUT2D eigenvalue weighted by molar-refractivity contribution is 9.10. The van der Waals surface area contributed by atoms with E-state index in [0.29, 0.717) is 50.4 Å². The highest BCUT2D eigenvalue weighted by Gasteiger charge is 2.17. The van der Waals surface area contributed by atoms with Crippen molar-refractivity contribution in [2.75, 3.05) is 25.3 Å². The van der Waals surface area contributed by atoms with Crippen LogP contribution in [0.25, 0.3) is 0 Å². The Morgan fingerprint density at radius 2 is 1.88 bits per heavy atom. The number of nitrogens with one attached hydrogen (secondary N) is 3. The molecule has 0 unspecified atom stereocenters. The number of hydrazone groups is 1. The molecule has 41 heavy (non-hydrogen) atoms. The number of halogens is 2. The largest absolute Gasteiger partial charge is 0.490 e. The van der Waals surface area contributed by atoms with Gasteiger partial charge in [-0.1, -0.05) is 23.7 Å². The van der Waals surface area contributed by atoms with Crippen molar-refractivity contribution in [1.29, 1.82) is 0 Å². The van der Waals surface area contributed by atoms with Gasteiger partial charge < -0.3 is 29.6 Å². The van der Waals surface area contributed by atoms with E-state index in [4.69, 9.17) is 30.5 Å². The summed E-state index contributed by atoms with van der Waals surface area (Å²) in [5.41, 5.74) is 4.80. The molecule has 13 heteroatoms. The molecule has 3 N–H and O–H groups in total. The van der Waals surface area contributed by atoms with Gasteiger partial charge in [-0.15, -0.1) is 0 Å². The van der Waals surface area contributed by atoms with Crippen LogP contribution >= 0.6 is 27.5 Å². The molecule has 0 fully saturated rings.